The number of hydrogen-bond donors (Lipinski definition) is 1. The van der Waals surface area contributed by atoms with E-state index in [1.165, 1.54) is 19.3 Å². The van der Waals surface area contributed by atoms with Crippen molar-refractivity contribution < 1.29 is 14.2 Å². The molecule has 4 heteroatoms. The van der Waals surface area contributed by atoms with Crippen LogP contribution in [0, 0.1) is 17.3 Å². The Morgan fingerprint density at radius 2 is 1.79 bits per heavy atom. The average Bonchev–Trinajstić information content (AvgIpc) is 3.03. The van der Waals surface area contributed by atoms with Gasteiger partial charge in [-0.15, -0.1) is 6.58 Å². The maximum atomic E-state index is 6.32. The molecule has 0 radical (unpaired) electrons. The van der Waals surface area contributed by atoms with Gasteiger partial charge in [-0.05, 0) is 49.5 Å². The Morgan fingerprint density at radius 1 is 1.21 bits per heavy atom. The topological polar surface area (TPSA) is 39.7 Å². The molecule has 1 saturated carbocycles. The first-order valence-electron chi connectivity index (χ1n) is 11.3. The Hall–Kier alpha value is -0.420. The maximum Gasteiger partial charge on any atom is 0.168 e. The molecule has 2 fully saturated rings. The van der Waals surface area contributed by atoms with Gasteiger partial charge in [0, 0.05) is 33.6 Å². The zero-order valence-corrected chi connectivity index (χ0v) is 20.1. The molecular weight excluding hydrogens is 350 g/mol. The van der Waals surface area contributed by atoms with Gasteiger partial charge in [0.2, 0.25) is 0 Å². The highest BCUT2D eigenvalue weighted by Crippen LogP contribution is 2.48. The van der Waals surface area contributed by atoms with Crippen LogP contribution in [0.3, 0.4) is 0 Å². The van der Waals surface area contributed by atoms with Crippen molar-refractivity contribution in [3.63, 3.8) is 0 Å². The molecule has 0 aromatic heterocycles. The highest BCUT2D eigenvalue weighted by molar-refractivity contribution is 4.90. The van der Waals surface area contributed by atoms with Gasteiger partial charge in [0.15, 0.2) is 5.79 Å². The van der Waals surface area contributed by atoms with E-state index in [0.29, 0.717) is 5.41 Å². The minimum Gasteiger partial charge on any atom is -0.388 e. The summed E-state index contributed by atoms with van der Waals surface area (Å²) in [4.78, 5) is 0. The van der Waals surface area contributed by atoms with Crippen LogP contribution in [-0.2, 0) is 14.2 Å². The molecule has 1 heterocycles. The first-order valence-corrected chi connectivity index (χ1v) is 11.3. The fourth-order valence-corrected chi connectivity index (χ4v) is 4.55. The van der Waals surface area contributed by atoms with E-state index in [4.69, 9.17) is 9.47 Å². The quantitative estimate of drug-likeness (QED) is 0.413. The second-order valence-electron chi connectivity index (χ2n) is 9.01. The highest BCUT2D eigenvalue weighted by atomic mass is 16.7. The lowest BCUT2D eigenvalue weighted by Crippen LogP contribution is -2.40. The standard InChI is InChI=1S/C20H37NO2.C2H6O.C2H6/c1-6-12-21-13-9-18-15-22-20(23-18)10-7-17(8-11-20)19(4,5)14-16(2)3;1-3-2;1-2/h6,16-18,21H,1,7-15H2,2-5H3;1-2H3;1-2H3. The Kier molecular flexibility index (Phi) is 14.3. The molecule has 1 atom stereocenters. The number of nitrogens with one attached hydrogen (secondary N) is 1. The van der Waals surface area contributed by atoms with Crippen molar-refractivity contribution in [3.05, 3.63) is 12.7 Å². The lowest BCUT2D eigenvalue weighted by Gasteiger charge is -2.43. The second kappa shape index (κ2) is 14.5. The summed E-state index contributed by atoms with van der Waals surface area (Å²) in [5.41, 5.74) is 0.433. The number of hydrogen-bond acceptors (Lipinski definition) is 4. The second-order valence-corrected chi connectivity index (χ2v) is 9.01. The fraction of sp³-hybridized carbons (Fsp3) is 0.917. The van der Waals surface area contributed by atoms with Gasteiger partial charge < -0.3 is 19.5 Å². The van der Waals surface area contributed by atoms with Gasteiger partial charge >= 0.3 is 0 Å². The number of rotatable bonds is 8. The molecule has 1 N–H and O–H groups in total. The minimum atomic E-state index is -0.270. The molecule has 1 aliphatic carbocycles. The van der Waals surface area contributed by atoms with Crippen LogP contribution < -0.4 is 5.32 Å². The predicted octanol–water partition coefficient (Wildman–Crippen LogP) is 5.82. The Labute approximate surface area is 175 Å². The van der Waals surface area contributed by atoms with Gasteiger partial charge in [-0.3, -0.25) is 0 Å². The fourth-order valence-electron chi connectivity index (χ4n) is 4.55. The lowest BCUT2D eigenvalue weighted by atomic mass is 9.66. The first-order chi connectivity index (χ1) is 13.3. The van der Waals surface area contributed by atoms with Crippen molar-refractivity contribution in [2.75, 3.05) is 33.9 Å². The predicted molar refractivity (Wildman–Crippen MR) is 121 cm³/mol. The Bertz CT molecular complexity index is 387. The third kappa shape index (κ3) is 9.87. The van der Waals surface area contributed by atoms with Crippen LogP contribution >= 0.6 is 0 Å². The Morgan fingerprint density at radius 3 is 2.29 bits per heavy atom. The van der Waals surface area contributed by atoms with Gasteiger partial charge in [-0.2, -0.15) is 0 Å². The van der Waals surface area contributed by atoms with Gasteiger partial charge in [0.05, 0.1) is 12.7 Å². The maximum absolute atomic E-state index is 6.32. The van der Waals surface area contributed by atoms with Crippen molar-refractivity contribution in [1.29, 1.82) is 0 Å². The molecular formula is C24H49NO3. The van der Waals surface area contributed by atoms with Crippen molar-refractivity contribution in [1.82, 2.24) is 5.32 Å². The lowest BCUT2D eigenvalue weighted by molar-refractivity contribution is -0.197. The van der Waals surface area contributed by atoms with Crippen LogP contribution in [0.5, 0.6) is 0 Å². The highest BCUT2D eigenvalue weighted by Gasteiger charge is 2.46. The number of methoxy groups -OCH3 is 1. The van der Waals surface area contributed by atoms with Crippen LogP contribution in [0.1, 0.15) is 80.1 Å². The van der Waals surface area contributed by atoms with E-state index >= 15 is 0 Å². The van der Waals surface area contributed by atoms with Crippen LogP contribution in [0.2, 0.25) is 0 Å². The SMILES string of the molecule is C=CCNCCC1COC2(CCC(C(C)(C)CC(C)C)CC2)O1.CC.COC. The molecule has 0 aromatic rings. The molecule has 2 rings (SSSR count). The van der Waals surface area contributed by atoms with E-state index < -0.39 is 0 Å². The molecule has 0 aromatic carbocycles. The van der Waals surface area contributed by atoms with Gasteiger partial charge in [-0.25, -0.2) is 0 Å². The molecule has 1 spiro atoms. The van der Waals surface area contributed by atoms with Crippen molar-refractivity contribution in [2.24, 2.45) is 17.3 Å². The summed E-state index contributed by atoms with van der Waals surface area (Å²) in [5, 5.41) is 3.34. The molecule has 4 nitrogen and oxygen atoms in total. The smallest absolute Gasteiger partial charge is 0.168 e. The summed E-state index contributed by atoms with van der Waals surface area (Å²) in [6, 6.07) is 0. The number of ether oxygens (including phenoxy) is 3. The van der Waals surface area contributed by atoms with Gasteiger partial charge in [0.1, 0.15) is 0 Å². The van der Waals surface area contributed by atoms with E-state index in [0.717, 1.165) is 50.8 Å². The van der Waals surface area contributed by atoms with Crippen molar-refractivity contribution in [3.8, 4) is 0 Å². The largest absolute Gasteiger partial charge is 0.388 e. The molecule has 1 unspecified atom stereocenters. The molecule has 1 saturated heterocycles. The summed E-state index contributed by atoms with van der Waals surface area (Å²) >= 11 is 0. The van der Waals surface area contributed by atoms with Crippen molar-refractivity contribution in [2.45, 2.75) is 92.0 Å². The first kappa shape index (κ1) is 27.6. The summed E-state index contributed by atoms with van der Waals surface area (Å²) in [5.74, 6) is 1.30. The van der Waals surface area contributed by atoms with Gasteiger partial charge in [-0.1, -0.05) is 47.6 Å². The normalized spacial score (nSPS) is 27.0. The summed E-state index contributed by atoms with van der Waals surface area (Å²) in [6.07, 6.45) is 9.09. The van der Waals surface area contributed by atoms with Crippen LogP contribution in [0.15, 0.2) is 12.7 Å². The van der Waals surface area contributed by atoms with E-state index in [9.17, 15) is 0 Å². The molecule has 28 heavy (non-hydrogen) atoms. The van der Waals surface area contributed by atoms with Gasteiger partial charge in [0.25, 0.3) is 0 Å². The van der Waals surface area contributed by atoms with E-state index in [2.05, 4.69) is 44.3 Å². The van der Waals surface area contributed by atoms with Crippen LogP contribution in [0.25, 0.3) is 0 Å². The van der Waals surface area contributed by atoms with Crippen LogP contribution in [0.4, 0.5) is 0 Å². The zero-order valence-electron chi connectivity index (χ0n) is 20.1. The minimum absolute atomic E-state index is 0.257. The molecule has 1 aliphatic heterocycles. The third-order valence-corrected chi connectivity index (χ3v) is 5.63. The monoisotopic (exact) mass is 399 g/mol. The van der Waals surface area contributed by atoms with E-state index in [1.807, 2.05) is 19.9 Å². The molecule has 0 bridgehead atoms. The van der Waals surface area contributed by atoms with Crippen molar-refractivity contribution >= 4 is 0 Å². The Balaban J connectivity index is 0.00000133. The molecule has 0 amide bonds. The zero-order chi connectivity index (χ0) is 21.6. The summed E-state index contributed by atoms with van der Waals surface area (Å²) < 4.78 is 16.7. The third-order valence-electron chi connectivity index (χ3n) is 5.63. The van der Waals surface area contributed by atoms with E-state index in [1.54, 1.807) is 14.2 Å². The summed E-state index contributed by atoms with van der Waals surface area (Å²) in [7, 11) is 3.25. The average molecular weight is 400 g/mol. The van der Waals surface area contributed by atoms with E-state index in [-0.39, 0.29) is 11.9 Å². The molecule has 168 valence electrons. The molecule has 2 aliphatic rings. The van der Waals surface area contributed by atoms with Crippen LogP contribution in [-0.4, -0.2) is 45.8 Å². The summed E-state index contributed by atoms with van der Waals surface area (Å²) in [6.45, 7) is 19.9.